The van der Waals surface area contributed by atoms with E-state index < -0.39 is 0 Å². The van der Waals surface area contributed by atoms with E-state index in [4.69, 9.17) is 21.1 Å². The van der Waals surface area contributed by atoms with Crippen LogP contribution in [0.25, 0.3) is 0 Å². The molecule has 0 spiro atoms. The molecular formula is C19H21ClN2O3. The summed E-state index contributed by atoms with van der Waals surface area (Å²) in [5, 5.41) is 3.37. The number of nitrogens with one attached hydrogen (secondary N) is 1. The molecule has 6 heteroatoms. The zero-order chi connectivity index (χ0) is 17.8. The lowest BCUT2D eigenvalue weighted by Gasteiger charge is -2.19. The van der Waals surface area contributed by atoms with Crippen LogP contribution < -0.4 is 19.7 Å². The van der Waals surface area contributed by atoms with E-state index in [0.717, 1.165) is 18.8 Å². The van der Waals surface area contributed by atoms with Gasteiger partial charge in [-0.1, -0.05) is 17.7 Å². The average molecular weight is 361 g/mol. The van der Waals surface area contributed by atoms with E-state index in [2.05, 4.69) is 10.2 Å². The van der Waals surface area contributed by atoms with Crippen LogP contribution in [0, 0.1) is 0 Å². The number of hydrogen-bond acceptors (Lipinski definition) is 4. The van der Waals surface area contributed by atoms with Gasteiger partial charge >= 0.3 is 0 Å². The summed E-state index contributed by atoms with van der Waals surface area (Å²) >= 11 is 6.29. The standard InChI is InChI=1S/C19H21ClN2O3/c1-24-16-6-5-7-17(25-2)18(16)19(23)21-15-12-13(8-9-14(15)20)22-10-3-4-11-22/h5-9,12H,3-4,10-11H2,1-2H3,(H,21,23). The molecule has 1 fully saturated rings. The van der Waals surface area contributed by atoms with Gasteiger partial charge in [-0.3, -0.25) is 4.79 Å². The Morgan fingerprint density at radius 3 is 2.32 bits per heavy atom. The van der Waals surface area contributed by atoms with Gasteiger partial charge in [-0.15, -0.1) is 0 Å². The number of anilines is 2. The summed E-state index contributed by atoms with van der Waals surface area (Å²) in [5.41, 5.74) is 1.98. The number of amides is 1. The molecule has 1 aliphatic heterocycles. The van der Waals surface area contributed by atoms with Crippen molar-refractivity contribution in [3.05, 3.63) is 47.0 Å². The lowest BCUT2D eigenvalue weighted by molar-refractivity contribution is 0.102. The van der Waals surface area contributed by atoms with Crippen molar-refractivity contribution in [3.63, 3.8) is 0 Å². The minimum absolute atomic E-state index is 0.324. The highest BCUT2D eigenvalue weighted by Gasteiger charge is 2.20. The first-order chi connectivity index (χ1) is 12.1. The number of rotatable bonds is 5. The summed E-state index contributed by atoms with van der Waals surface area (Å²) in [5.74, 6) is 0.571. The predicted molar refractivity (Wildman–Crippen MR) is 100 cm³/mol. The molecule has 0 aliphatic carbocycles. The maximum atomic E-state index is 12.8. The molecule has 2 aromatic rings. The predicted octanol–water partition coefficient (Wildman–Crippen LogP) is 4.21. The SMILES string of the molecule is COc1cccc(OC)c1C(=O)Nc1cc(N2CCCC2)ccc1Cl. The lowest BCUT2D eigenvalue weighted by atomic mass is 10.1. The van der Waals surface area contributed by atoms with Gasteiger partial charge in [-0.2, -0.15) is 0 Å². The van der Waals surface area contributed by atoms with Gasteiger partial charge in [0.1, 0.15) is 17.1 Å². The maximum absolute atomic E-state index is 12.8. The van der Waals surface area contributed by atoms with Crippen molar-refractivity contribution in [2.24, 2.45) is 0 Å². The van der Waals surface area contributed by atoms with Crippen molar-refractivity contribution < 1.29 is 14.3 Å². The van der Waals surface area contributed by atoms with Crippen LogP contribution in [-0.2, 0) is 0 Å². The fourth-order valence-corrected chi connectivity index (χ4v) is 3.21. The third kappa shape index (κ3) is 3.66. The summed E-state index contributed by atoms with van der Waals surface area (Å²) in [4.78, 5) is 15.1. The summed E-state index contributed by atoms with van der Waals surface area (Å²) in [6.45, 7) is 2.05. The second-order valence-corrected chi connectivity index (χ2v) is 6.26. The minimum atomic E-state index is -0.324. The number of carbonyl (C=O) groups excluding carboxylic acids is 1. The molecule has 0 unspecified atom stereocenters. The summed E-state index contributed by atoms with van der Waals surface area (Å²) in [6.07, 6.45) is 2.37. The van der Waals surface area contributed by atoms with Crippen LogP contribution in [0.1, 0.15) is 23.2 Å². The first-order valence-electron chi connectivity index (χ1n) is 8.21. The van der Waals surface area contributed by atoms with Crippen LogP contribution in [0.4, 0.5) is 11.4 Å². The average Bonchev–Trinajstić information content (AvgIpc) is 3.17. The van der Waals surface area contributed by atoms with E-state index in [1.807, 2.05) is 18.2 Å². The minimum Gasteiger partial charge on any atom is -0.496 e. The van der Waals surface area contributed by atoms with Gasteiger partial charge in [0, 0.05) is 18.8 Å². The second kappa shape index (κ2) is 7.66. The highest BCUT2D eigenvalue weighted by atomic mass is 35.5. The maximum Gasteiger partial charge on any atom is 0.263 e. The quantitative estimate of drug-likeness (QED) is 0.867. The van der Waals surface area contributed by atoms with E-state index in [1.54, 1.807) is 18.2 Å². The lowest BCUT2D eigenvalue weighted by Crippen LogP contribution is -2.19. The van der Waals surface area contributed by atoms with Gasteiger partial charge in [0.2, 0.25) is 0 Å². The Morgan fingerprint density at radius 1 is 1.08 bits per heavy atom. The third-order valence-corrected chi connectivity index (χ3v) is 4.65. The molecule has 1 saturated heterocycles. The summed E-state index contributed by atoms with van der Waals surface area (Å²) in [7, 11) is 3.04. The van der Waals surface area contributed by atoms with E-state index in [1.165, 1.54) is 27.1 Å². The Morgan fingerprint density at radius 2 is 1.72 bits per heavy atom. The number of ether oxygens (including phenoxy) is 2. The number of nitrogens with zero attached hydrogens (tertiary/aromatic N) is 1. The molecule has 0 aromatic heterocycles. The van der Waals surface area contributed by atoms with Crippen molar-refractivity contribution in [1.82, 2.24) is 0 Å². The Hall–Kier alpha value is -2.40. The van der Waals surface area contributed by atoms with Crippen molar-refractivity contribution in [2.75, 3.05) is 37.5 Å². The van der Waals surface area contributed by atoms with Crippen molar-refractivity contribution in [1.29, 1.82) is 0 Å². The first-order valence-corrected chi connectivity index (χ1v) is 8.58. The highest BCUT2D eigenvalue weighted by molar-refractivity contribution is 6.34. The molecular weight excluding hydrogens is 340 g/mol. The summed E-state index contributed by atoms with van der Waals surface area (Å²) < 4.78 is 10.6. The topological polar surface area (TPSA) is 50.8 Å². The highest BCUT2D eigenvalue weighted by Crippen LogP contribution is 2.32. The van der Waals surface area contributed by atoms with Crippen LogP contribution in [-0.4, -0.2) is 33.2 Å². The van der Waals surface area contributed by atoms with E-state index in [0.29, 0.717) is 27.8 Å². The molecule has 1 aliphatic rings. The molecule has 0 atom stereocenters. The van der Waals surface area contributed by atoms with Gasteiger partial charge in [-0.25, -0.2) is 0 Å². The van der Waals surface area contributed by atoms with Crippen LogP contribution >= 0.6 is 11.6 Å². The molecule has 1 heterocycles. The Kier molecular flexibility index (Phi) is 5.34. The zero-order valence-electron chi connectivity index (χ0n) is 14.3. The third-order valence-electron chi connectivity index (χ3n) is 4.32. The first kappa shape index (κ1) is 17.4. The number of benzene rings is 2. The van der Waals surface area contributed by atoms with Gasteiger partial charge in [-0.05, 0) is 43.2 Å². The monoisotopic (exact) mass is 360 g/mol. The molecule has 1 N–H and O–H groups in total. The number of carbonyl (C=O) groups is 1. The fraction of sp³-hybridized carbons (Fsp3) is 0.316. The molecule has 3 rings (SSSR count). The van der Waals surface area contributed by atoms with Gasteiger partial charge < -0.3 is 19.7 Å². The van der Waals surface area contributed by atoms with E-state index in [9.17, 15) is 4.79 Å². The van der Waals surface area contributed by atoms with Crippen LogP contribution in [0.2, 0.25) is 5.02 Å². The van der Waals surface area contributed by atoms with Crippen LogP contribution in [0.5, 0.6) is 11.5 Å². The molecule has 132 valence electrons. The normalized spacial score (nSPS) is 13.6. The molecule has 1 amide bonds. The van der Waals surface area contributed by atoms with Crippen molar-refractivity contribution in [2.45, 2.75) is 12.8 Å². The van der Waals surface area contributed by atoms with Crippen LogP contribution in [0.3, 0.4) is 0 Å². The van der Waals surface area contributed by atoms with Crippen LogP contribution in [0.15, 0.2) is 36.4 Å². The smallest absolute Gasteiger partial charge is 0.263 e. The van der Waals surface area contributed by atoms with Gasteiger partial charge in [0.15, 0.2) is 0 Å². The molecule has 0 radical (unpaired) electrons. The largest absolute Gasteiger partial charge is 0.496 e. The van der Waals surface area contributed by atoms with E-state index in [-0.39, 0.29) is 5.91 Å². The molecule has 25 heavy (non-hydrogen) atoms. The van der Waals surface area contributed by atoms with E-state index >= 15 is 0 Å². The fourth-order valence-electron chi connectivity index (χ4n) is 3.04. The molecule has 0 saturated carbocycles. The number of methoxy groups -OCH3 is 2. The van der Waals surface area contributed by atoms with Crippen molar-refractivity contribution >= 4 is 28.9 Å². The van der Waals surface area contributed by atoms with Gasteiger partial charge in [0.25, 0.3) is 5.91 Å². The Labute approximate surface area is 152 Å². The Bertz CT molecular complexity index is 751. The molecule has 2 aromatic carbocycles. The van der Waals surface area contributed by atoms with Crippen molar-refractivity contribution in [3.8, 4) is 11.5 Å². The summed E-state index contributed by atoms with van der Waals surface area (Å²) in [6, 6.07) is 10.9. The zero-order valence-corrected chi connectivity index (χ0v) is 15.1. The molecule has 5 nitrogen and oxygen atoms in total. The second-order valence-electron chi connectivity index (χ2n) is 5.85. The molecule has 0 bridgehead atoms. The number of halogens is 1. The van der Waals surface area contributed by atoms with Gasteiger partial charge in [0.05, 0.1) is 24.9 Å². The Balaban J connectivity index is 1.90. The number of hydrogen-bond donors (Lipinski definition) is 1.